The van der Waals surface area contributed by atoms with Crippen LogP contribution in [0, 0.1) is 11.8 Å². The summed E-state index contributed by atoms with van der Waals surface area (Å²) in [5.41, 5.74) is 1.23. The van der Waals surface area contributed by atoms with Crippen LogP contribution in [0.1, 0.15) is 26.3 Å². The maximum Gasteiger partial charge on any atom is 0.140 e. The van der Waals surface area contributed by atoms with Gasteiger partial charge >= 0.3 is 0 Å². The monoisotopic (exact) mass is 391 g/mol. The van der Waals surface area contributed by atoms with E-state index in [0.717, 1.165) is 42.1 Å². The van der Waals surface area contributed by atoms with Crippen LogP contribution in [0.15, 0.2) is 24.3 Å². The minimum Gasteiger partial charge on any atom is -1.00 e. The maximum absolute atomic E-state index is 5.85. The van der Waals surface area contributed by atoms with Gasteiger partial charge in [0.25, 0.3) is 0 Å². The molecule has 3 heteroatoms. The molecule has 0 aliphatic rings. The highest BCUT2D eigenvalue weighted by Gasteiger charge is 2.18. The van der Waals surface area contributed by atoms with E-state index in [1.165, 1.54) is 5.56 Å². The molecule has 0 spiro atoms. The van der Waals surface area contributed by atoms with Crippen molar-refractivity contribution in [3.63, 3.8) is 0 Å². The van der Waals surface area contributed by atoms with E-state index in [0.29, 0.717) is 0 Å². The van der Waals surface area contributed by atoms with E-state index in [-0.39, 0.29) is 24.0 Å². The summed E-state index contributed by atoms with van der Waals surface area (Å²) in [4.78, 5) is 0. The first-order chi connectivity index (χ1) is 8.65. The molecule has 1 nitrogen and oxygen atoms in total. The summed E-state index contributed by atoms with van der Waals surface area (Å²) in [6.07, 6.45) is 0.814. The molecule has 0 radical (unpaired) electrons. The van der Waals surface area contributed by atoms with Crippen LogP contribution in [-0.2, 0) is 6.42 Å². The zero-order valence-electron chi connectivity index (χ0n) is 12.0. The van der Waals surface area contributed by atoms with E-state index in [1.807, 2.05) is 24.3 Å². The Labute approximate surface area is 139 Å². The number of nitrogens with zero attached hydrogens (tertiary/aromatic N) is 1. The van der Waals surface area contributed by atoms with Crippen LogP contribution in [0.3, 0.4) is 0 Å². The summed E-state index contributed by atoms with van der Waals surface area (Å²) in [5, 5.41) is 0.783. The average Bonchev–Trinajstić information content (AvgIpc) is 2.42. The molecule has 0 bridgehead atoms. The molecule has 0 N–H and O–H groups in total. The number of hydrogen-bond donors (Lipinski definition) is 0. The van der Waals surface area contributed by atoms with E-state index in [1.54, 1.807) is 0 Å². The minimum atomic E-state index is 0. The average molecular weight is 392 g/mol. The summed E-state index contributed by atoms with van der Waals surface area (Å²) in [6, 6.07) is 7.92. The largest absolute Gasteiger partial charge is 1.00 e. The van der Waals surface area contributed by atoms with Gasteiger partial charge in [0.05, 0.1) is 19.6 Å². The van der Waals surface area contributed by atoms with Gasteiger partial charge in [0.15, 0.2) is 0 Å². The second-order valence-electron chi connectivity index (χ2n) is 4.61. The fraction of sp³-hybridized carbons (Fsp3) is 0.500. The topological polar surface area (TPSA) is 0 Å². The van der Waals surface area contributed by atoms with Crippen LogP contribution >= 0.6 is 11.6 Å². The molecule has 1 aromatic rings. The first-order valence-corrected chi connectivity index (χ1v) is 7.09. The van der Waals surface area contributed by atoms with Crippen LogP contribution in [0.4, 0.5) is 0 Å². The van der Waals surface area contributed by atoms with Gasteiger partial charge in [-0.25, -0.2) is 0 Å². The number of halogens is 2. The van der Waals surface area contributed by atoms with Crippen molar-refractivity contribution in [3.05, 3.63) is 34.9 Å². The molecule has 0 unspecified atom stereocenters. The number of benzene rings is 1. The molecule has 0 heterocycles. The molecule has 0 amide bonds. The summed E-state index contributed by atoms with van der Waals surface area (Å²) < 4.78 is 1.09. The first-order valence-electron chi connectivity index (χ1n) is 6.71. The Bertz CT molecular complexity index is 404. The second kappa shape index (κ2) is 9.63. The third-order valence-corrected chi connectivity index (χ3v) is 4.01. The molecule has 0 aliphatic heterocycles. The van der Waals surface area contributed by atoms with Crippen molar-refractivity contribution in [2.24, 2.45) is 0 Å². The van der Waals surface area contributed by atoms with Gasteiger partial charge in [-0.1, -0.05) is 29.7 Å². The van der Waals surface area contributed by atoms with Gasteiger partial charge in [-0.05, 0) is 44.4 Å². The van der Waals surface area contributed by atoms with Gasteiger partial charge in [-0.15, -0.1) is 0 Å². The highest BCUT2D eigenvalue weighted by atomic mass is 127. The Morgan fingerprint density at radius 3 is 1.95 bits per heavy atom. The fourth-order valence-electron chi connectivity index (χ4n) is 2.00. The molecule has 0 atom stereocenters. The predicted octanol–water partition coefficient (Wildman–Crippen LogP) is 0.766. The number of hydrogen-bond acceptors (Lipinski definition) is 0. The molecule has 0 aliphatic carbocycles. The van der Waals surface area contributed by atoms with Crippen molar-refractivity contribution in [1.29, 1.82) is 0 Å². The summed E-state index contributed by atoms with van der Waals surface area (Å²) in [5.74, 6) is 6.60. The van der Waals surface area contributed by atoms with Crippen LogP contribution in [0.25, 0.3) is 0 Å². The van der Waals surface area contributed by atoms with Crippen LogP contribution in [-0.4, -0.2) is 30.7 Å². The van der Waals surface area contributed by atoms with Gasteiger partial charge in [-0.2, -0.15) is 0 Å². The van der Waals surface area contributed by atoms with E-state index in [2.05, 4.69) is 32.6 Å². The first kappa shape index (κ1) is 18.8. The number of quaternary nitrogens is 1. The minimum absolute atomic E-state index is 0. The highest BCUT2D eigenvalue weighted by Crippen LogP contribution is 2.09. The molecule has 0 saturated heterocycles. The Balaban J connectivity index is 0.00000324. The van der Waals surface area contributed by atoms with Gasteiger partial charge < -0.3 is 28.5 Å². The molecule has 1 rings (SSSR count). The normalized spacial score (nSPS) is 10.3. The lowest BCUT2D eigenvalue weighted by Crippen LogP contribution is -3.00. The zero-order chi connectivity index (χ0) is 13.4. The van der Waals surface area contributed by atoms with Crippen LogP contribution in [0.5, 0.6) is 0 Å². The quantitative estimate of drug-likeness (QED) is 0.395. The van der Waals surface area contributed by atoms with Gasteiger partial charge in [-0.3, -0.25) is 0 Å². The Kier molecular flexibility index (Phi) is 9.51. The van der Waals surface area contributed by atoms with Gasteiger partial charge in [0.1, 0.15) is 6.54 Å². The van der Waals surface area contributed by atoms with Gasteiger partial charge in [0.2, 0.25) is 0 Å². The predicted molar refractivity (Wildman–Crippen MR) is 79.7 cm³/mol. The van der Waals surface area contributed by atoms with Crippen molar-refractivity contribution in [2.45, 2.75) is 27.2 Å². The number of rotatable bonds is 5. The Hall–Kier alpha value is -0.240. The van der Waals surface area contributed by atoms with E-state index < -0.39 is 0 Å². The molecule has 106 valence electrons. The third kappa shape index (κ3) is 6.16. The molecule has 0 saturated carbocycles. The molecule has 0 fully saturated rings. The summed E-state index contributed by atoms with van der Waals surface area (Å²) >= 11 is 5.85. The highest BCUT2D eigenvalue weighted by molar-refractivity contribution is 6.30. The van der Waals surface area contributed by atoms with Crippen molar-refractivity contribution in [2.75, 3.05) is 26.2 Å². The van der Waals surface area contributed by atoms with Crippen LogP contribution in [0.2, 0.25) is 5.02 Å². The lowest BCUT2D eigenvalue weighted by molar-refractivity contribution is -0.916. The molecular formula is C16H23ClIN. The van der Waals surface area contributed by atoms with E-state index in [4.69, 9.17) is 11.6 Å². The third-order valence-electron chi connectivity index (χ3n) is 3.76. The van der Waals surface area contributed by atoms with E-state index >= 15 is 0 Å². The lowest BCUT2D eigenvalue weighted by Gasteiger charge is -2.33. The van der Waals surface area contributed by atoms with E-state index in [9.17, 15) is 0 Å². The summed E-state index contributed by atoms with van der Waals surface area (Å²) in [6.45, 7) is 11.2. The summed E-state index contributed by atoms with van der Waals surface area (Å²) in [7, 11) is 0. The van der Waals surface area contributed by atoms with Crippen molar-refractivity contribution in [1.82, 2.24) is 0 Å². The van der Waals surface area contributed by atoms with Crippen LogP contribution < -0.4 is 24.0 Å². The van der Waals surface area contributed by atoms with Crippen molar-refractivity contribution < 1.29 is 28.5 Å². The lowest BCUT2D eigenvalue weighted by atomic mass is 10.1. The maximum atomic E-state index is 5.85. The van der Waals surface area contributed by atoms with Crippen molar-refractivity contribution >= 4 is 11.6 Å². The molecule has 0 aromatic heterocycles. The standard InChI is InChI=1S/C16H23ClN.HI/c1-4-18(5-2,6-3)14-8-7-9-15-10-12-16(17)13-11-15;/h10-13H,4-6,9,14H2,1-3H3;1H/q+1;/p-1. The zero-order valence-corrected chi connectivity index (χ0v) is 15.0. The Morgan fingerprint density at radius 2 is 1.47 bits per heavy atom. The molecular weight excluding hydrogens is 369 g/mol. The smallest absolute Gasteiger partial charge is 0.140 e. The van der Waals surface area contributed by atoms with Crippen molar-refractivity contribution in [3.8, 4) is 11.8 Å². The van der Waals surface area contributed by atoms with Gasteiger partial charge in [0, 0.05) is 11.4 Å². The fourth-order valence-corrected chi connectivity index (χ4v) is 2.12. The SMILES string of the molecule is CC[N+](CC)(CC)CC#CCc1ccc(Cl)cc1.[I-]. The second-order valence-corrected chi connectivity index (χ2v) is 5.04. The molecule has 1 aromatic carbocycles. The molecule has 19 heavy (non-hydrogen) atoms. The Morgan fingerprint density at radius 1 is 0.947 bits per heavy atom.